The molecule has 4 aliphatic rings. The maximum absolute atomic E-state index is 12.5. The van der Waals surface area contributed by atoms with Crippen LogP contribution in [0.5, 0.6) is 0 Å². The molecule has 30 heavy (non-hydrogen) atoms. The van der Waals surface area contributed by atoms with Gasteiger partial charge in [0, 0.05) is 22.4 Å². The van der Waals surface area contributed by atoms with Crippen LogP contribution in [0.2, 0.25) is 0 Å². The summed E-state index contributed by atoms with van der Waals surface area (Å²) in [6, 6.07) is 2.60. The molecule has 4 saturated carbocycles. The molecule has 0 radical (unpaired) electrons. The Morgan fingerprint density at radius 2 is 1.77 bits per heavy atom. The lowest BCUT2D eigenvalue weighted by Crippen LogP contribution is -2.49. The fraction of sp³-hybridized carbons (Fsp3) is 0.545. The first-order chi connectivity index (χ1) is 14.3. The Balaban J connectivity index is 0.000000687. The maximum Gasteiger partial charge on any atom is 0.293 e. The molecule has 8 heteroatoms. The third-order valence-electron chi connectivity index (χ3n) is 6.67. The fourth-order valence-electron chi connectivity index (χ4n) is 6.22. The van der Waals surface area contributed by atoms with Crippen molar-refractivity contribution in [2.75, 3.05) is 5.32 Å². The van der Waals surface area contributed by atoms with E-state index in [-0.39, 0.29) is 23.1 Å². The first-order valence-electron chi connectivity index (χ1n) is 10.3. The highest BCUT2D eigenvalue weighted by molar-refractivity contribution is 7.15. The number of hydrogen-bond donors (Lipinski definition) is 2. The van der Waals surface area contributed by atoms with Gasteiger partial charge in [-0.05, 0) is 70.1 Å². The van der Waals surface area contributed by atoms with Crippen molar-refractivity contribution in [1.29, 1.82) is 0 Å². The zero-order valence-corrected chi connectivity index (χ0v) is 18.0. The SMILES string of the molecule is Cc1cc(=O)cc(C(=O)Nc2nc(C34CC5CC(CC(C5)C3)C4)c(C)s2)o1.O=CO. The van der Waals surface area contributed by atoms with Crippen molar-refractivity contribution in [2.24, 2.45) is 17.8 Å². The lowest BCUT2D eigenvalue weighted by molar-refractivity contribution is -0.122. The standard InChI is InChI=1S/C21H24N2O3S.CH2O2/c1-11-3-16(24)7-17(26-11)19(25)23-20-22-18(12(2)27-20)21-8-13-4-14(9-21)6-15(5-13)10-21;2-1-3/h3,7,13-15H,4-6,8-10H2,1-2H3,(H,22,23,25);1H,(H,2,3). The molecule has 2 aromatic heterocycles. The van der Waals surface area contributed by atoms with E-state index in [2.05, 4.69) is 12.2 Å². The van der Waals surface area contributed by atoms with Crippen molar-refractivity contribution < 1.29 is 19.1 Å². The van der Waals surface area contributed by atoms with Crippen molar-refractivity contribution in [3.8, 4) is 0 Å². The molecule has 4 aliphatic carbocycles. The number of rotatable bonds is 3. The van der Waals surface area contributed by atoms with E-state index in [4.69, 9.17) is 19.3 Å². The van der Waals surface area contributed by atoms with E-state index in [0.717, 1.165) is 17.8 Å². The van der Waals surface area contributed by atoms with Crippen LogP contribution in [0.15, 0.2) is 21.3 Å². The van der Waals surface area contributed by atoms with Gasteiger partial charge in [-0.1, -0.05) is 0 Å². The Morgan fingerprint density at radius 3 is 2.30 bits per heavy atom. The summed E-state index contributed by atoms with van der Waals surface area (Å²) >= 11 is 1.53. The second-order valence-electron chi connectivity index (χ2n) is 8.95. The lowest BCUT2D eigenvalue weighted by atomic mass is 9.48. The van der Waals surface area contributed by atoms with Gasteiger partial charge in [-0.25, -0.2) is 4.98 Å². The summed E-state index contributed by atoms with van der Waals surface area (Å²) in [5.41, 5.74) is 1.19. The van der Waals surface area contributed by atoms with Gasteiger partial charge in [0.2, 0.25) is 0 Å². The molecule has 6 rings (SSSR count). The molecule has 0 aliphatic heterocycles. The topological polar surface area (TPSA) is 110 Å². The number of nitrogens with one attached hydrogen (secondary N) is 1. The van der Waals surface area contributed by atoms with E-state index in [1.165, 1.54) is 72.6 Å². The number of thiazole rings is 1. The molecule has 2 heterocycles. The molecule has 4 fully saturated rings. The highest BCUT2D eigenvalue weighted by atomic mass is 32.1. The van der Waals surface area contributed by atoms with Gasteiger partial charge in [0.25, 0.3) is 12.4 Å². The predicted octanol–water partition coefficient (Wildman–Crippen LogP) is 4.13. The lowest BCUT2D eigenvalue weighted by Gasteiger charge is -2.56. The Morgan fingerprint density at radius 1 is 1.20 bits per heavy atom. The number of hydrogen-bond acceptors (Lipinski definition) is 6. The van der Waals surface area contributed by atoms with Gasteiger partial charge < -0.3 is 9.52 Å². The second-order valence-corrected chi connectivity index (χ2v) is 10.2. The monoisotopic (exact) mass is 430 g/mol. The van der Waals surface area contributed by atoms with Crippen LogP contribution in [0.4, 0.5) is 5.13 Å². The number of carbonyl (C=O) groups excluding carboxylic acids is 1. The molecular formula is C22H26N2O5S. The summed E-state index contributed by atoms with van der Waals surface area (Å²) in [6.45, 7) is 3.53. The average molecular weight is 431 g/mol. The largest absolute Gasteiger partial charge is 0.483 e. The van der Waals surface area contributed by atoms with Crippen molar-refractivity contribution in [2.45, 2.75) is 57.8 Å². The van der Waals surface area contributed by atoms with Crippen LogP contribution in [0.3, 0.4) is 0 Å². The maximum atomic E-state index is 12.5. The summed E-state index contributed by atoms with van der Waals surface area (Å²) in [4.78, 5) is 38.6. The van der Waals surface area contributed by atoms with Gasteiger partial charge >= 0.3 is 0 Å². The number of nitrogens with zero attached hydrogens (tertiary/aromatic N) is 1. The van der Waals surface area contributed by atoms with Crippen molar-refractivity contribution in [3.63, 3.8) is 0 Å². The summed E-state index contributed by atoms with van der Waals surface area (Å²) in [5, 5.41) is 10.3. The van der Waals surface area contributed by atoms with E-state index in [0.29, 0.717) is 10.9 Å². The molecule has 4 bridgehead atoms. The third-order valence-corrected chi connectivity index (χ3v) is 7.56. The van der Waals surface area contributed by atoms with E-state index in [9.17, 15) is 9.59 Å². The van der Waals surface area contributed by atoms with Gasteiger partial charge in [0.15, 0.2) is 16.3 Å². The molecule has 7 nitrogen and oxygen atoms in total. The zero-order valence-electron chi connectivity index (χ0n) is 17.1. The normalized spacial score (nSPS) is 28.5. The highest BCUT2D eigenvalue weighted by Crippen LogP contribution is 2.61. The van der Waals surface area contributed by atoms with Crippen molar-refractivity contribution in [3.05, 3.63) is 44.4 Å². The molecule has 2 N–H and O–H groups in total. The van der Waals surface area contributed by atoms with Crippen molar-refractivity contribution >= 4 is 28.8 Å². The number of aromatic nitrogens is 1. The van der Waals surface area contributed by atoms with Crippen LogP contribution >= 0.6 is 11.3 Å². The summed E-state index contributed by atoms with van der Waals surface area (Å²) in [7, 11) is 0. The Labute approximate surface area is 178 Å². The van der Waals surface area contributed by atoms with Gasteiger partial charge in [-0.15, -0.1) is 11.3 Å². The second kappa shape index (κ2) is 7.98. The van der Waals surface area contributed by atoms with E-state index in [1.807, 2.05) is 0 Å². The average Bonchev–Trinajstić information content (AvgIpc) is 3.01. The molecule has 2 aromatic rings. The number of amides is 1. The number of anilines is 1. The molecular weight excluding hydrogens is 404 g/mol. The van der Waals surface area contributed by atoms with Crippen LogP contribution in [0.1, 0.15) is 65.4 Å². The van der Waals surface area contributed by atoms with E-state index < -0.39 is 5.91 Å². The predicted molar refractivity (Wildman–Crippen MR) is 113 cm³/mol. The number of carbonyl (C=O) groups is 2. The minimum absolute atomic E-state index is 0.0317. The van der Waals surface area contributed by atoms with Gasteiger partial charge in [0.05, 0.1) is 5.69 Å². The minimum Gasteiger partial charge on any atom is -0.483 e. The van der Waals surface area contributed by atoms with Crippen LogP contribution in [0.25, 0.3) is 0 Å². The molecule has 0 spiro atoms. The highest BCUT2D eigenvalue weighted by Gasteiger charge is 2.53. The molecule has 0 aromatic carbocycles. The summed E-state index contributed by atoms with van der Waals surface area (Å²) < 4.78 is 5.39. The Bertz CT molecular complexity index is 989. The number of aryl methyl sites for hydroxylation is 2. The summed E-state index contributed by atoms with van der Waals surface area (Å²) in [6.07, 6.45) is 7.96. The molecule has 160 valence electrons. The van der Waals surface area contributed by atoms with Crippen LogP contribution in [-0.4, -0.2) is 22.5 Å². The molecule has 0 saturated heterocycles. The van der Waals surface area contributed by atoms with Crippen LogP contribution in [0, 0.1) is 31.6 Å². The van der Waals surface area contributed by atoms with Crippen LogP contribution < -0.4 is 10.7 Å². The molecule has 0 unspecified atom stereocenters. The minimum atomic E-state index is -0.415. The van der Waals surface area contributed by atoms with Gasteiger partial charge in [-0.3, -0.25) is 19.7 Å². The van der Waals surface area contributed by atoms with Crippen LogP contribution in [-0.2, 0) is 10.2 Å². The quantitative estimate of drug-likeness (QED) is 0.709. The third kappa shape index (κ3) is 3.93. The van der Waals surface area contributed by atoms with Crippen molar-refractivity contribution in [1.82, 2.24) is 4.98 Å². The van der Waals surface area contributed by atoms with Gasteiger partial charge in [-0.2, -0.15) is 0 Å². The zero-order chi connectivity index (χ0) is 21.5. The molecule has 1 amide bonds. The smallest absolute Gasteiger partial charge is 0.293 e. The van der Waals surface area contributed by atoms with E-state index in [1.54, 1.807) is 6.92 Å². The molecule has 0 atom stereocenters. The first-order valence-corrected chi connectivity index (χ1v) is 11.1. The Hall–Kier alpha value is -2.48. The fourth-order valence-corrected chi connectivity index (χ4v) is 7.15. The summed E-state index contributed by atoms with van der Waals surface area (Å²) in [5.74, 6) is 2.62. The first kappa shape index (κ1) is 20.8. The van der Waals surface area contributed by atoms with E-state index >= 15 is 0 Å². The number of carboxylic acid groups (broad SMARTS) is 1. The van der Waals surface area contributed by atoms with Gasteiger partial charge in [0.1, 0.15) is 5.76 Å². The Kier molecular flexibility index (Phi) is 5.53.